The van der Waals surface area contributed by atoms with Gasteiger partial charge in [0.05, 0.1) is 5.69 Å². The molecule has 0 saturated heterocycles. The highest BCUT2D eigenvalue weighted by molar-refractivity contribution is 5.33. The fourth-order valence-electron chi connectivity index (χ4n) is 2.39. The van der Waals surface area contributed by atoms with Crippen LogP contribution in [0.5, 0.6) is 0 Å². The van der Waals surface area contributed by atoms with Crippen LogP contribution in [-0.2, 0) is 19.5 Å². The van der Waals surface area contributed by atoms with Gasteiger partial charge in [-0.15, -0.1) is 0 Å². The van der Waals surface area contributed by atoms with Gasteiger partial charge in [0.25, 0.3) is 0 Å². The molecule has 1 saturated carbocycles. The highest BCUT2D eigenvalue weighted by Gasteiger charge is 2.31. The molecule has 14 heavy (non-hydrogen) atoms. The molecule has 0 bridgehead atoms. The number of aryl methyl sites for hydroxylation is 1. The summed E-state index contributed by atoms with van der Waals surface area (Å²) >= 11 is 0. The van der Waals surface area contributed by atoms with Gasteiger partial charge in [-0.25, -0.2) is 0 Å². The van der Waals surface area contributed by atoms with E-state index >= 15 is 0 Å². The van der Waals surface area contributed by atoms with Gasteiger partial charge >= 0.3 is 0 Å². The molecule has 2 heterocycles. The molecule has 1 aliphatic carbocycles. The number of hydrogen-bond donors (Lipinski definition) is 1. The normalized spacial score (nSPS) is 20.9. The number of nitrogens with one attached hydrogen (secondary N) is 1. The van der Waals surface area contributed by atoms with Gasteiger partial charge in [0.15, 0.2) is 0 Å². The maximum absolute atomic E-state index is 4.75. The third-order valence-corrected chi connectivity index (χ3v) is 3.30. The zero-order valence-electron chi connectivity index (χ0n) is 8.71. The van der Waals surface area contributed by atoms with Crippen LogP contribution in [0.25, 0.3) is 0 Å². The van der Waals surface area contributed by atoms with Crippen LogP contribution in [-0.4, -0.2) is 16.3 Å². The van der Waals surface area contributed by atoms with Gasteiger partial charge in [-0.2, -0.15) is 5.10 Å². The number of hydrogen-bond acceptors (Lipinski definition) is 2. The van der Waals surface area contributed by atoms with E-state index in [2.05, 4.69) is 16.9 Å². The fraction of sp³-hybridized carbons (Fsp3) is 0.727. The molecule has 0 spiro atoms. The quantitative estimate of drug-likeness (QED) is 0.766. The Hall–Kier alpha value is -0.830. The van der Waals surface area contributed by atoms with Gasteiger partial charge in [0.1, 0.15) is 0 Å². The first-order valence-corrected chi connectivity index (χ1v) is 5.69. The Labute approximate surface area is 84.5 Å². The van der Waals surface area contributed by atoms with Crippen molar-refractivity contribution in [3.8, 4) is 0 Å². The van der Waals surface area contributed by atoms with E-state index in [0.717, 1.165) is 32.0 Å². The average Bonchev–Trinajstić information content (AvgIpc) is 3.00. The predicted octanol–water partition coefficient (Wildman–Crippen LogP) is 1.43. The first kappa shape index (κ1) is 8.48. The standard InChI is InChI=1S/C11H17N3/c1-2-14-10-5-6-12-7-9(10)11(13-14)8-3-4-8/h8,12H,2-7H2,1H3. The fourth-order valence-corrected chi connectivity index (χ4v) is 2.39. The number of fused-ring (bicyclic) bond motifs is 1. The molecule has 3 nitrogen and oxygen atoms in total. The smallest absolute Gasteiger partial charge is 0.0703 e. The lowest BCUT2D eigenvalue weighted by atomic mass is 10.0. The number of nitrogens with zero attached hydrogens (tertiary/aromatic N) is 2. The van der Waals surface area contributed by atoms with Gasteiger partial charge in [-0.3, -0.25) is 4.68 Å². The largest absolute Gasteiger partial charge is 0.312 e. The molecule has 76 valence electrons. The Morgan fingerprint density at radius 3 is 3.07 bits per heavy atom. The van der Waals surface area contributed by atoms with Crippen LogP contribution in [0.1, 0.15) is 42.6 Å². The molecular weight excluding hydrogens is 174 g/mol. The Bertz CT molecular complexity index is 350. The Morgan fingerprint density at radius 1 is 1.50 bits per heavy atom. The second-order valence-corrected chi connectivity index (χ2v) is 4.33. The first-order valence-electron chi connectivity index (χ1n) is 5.69. The molecule has 0 unspecified atom stereocenters. The highest BCUT2D eigenvalue weighted by atomic mass is 15.3. The minimum atomic E-state index is 0.788. The molecular formula is C11H17N3. The summed E-state index contributed by atoms with van der Waals surface area (Å²) < 4.78 is 2.21. The maximum atomic E-state index is 4.75. The van der Waals surface area contributed by atoms with Crippen molar-refractivity contribution in [1.29, 1.82) is 0 Å². The molecule has 0 radical (unpaired) electrons. The van der Waals surface area contributed by atoms with E-state index in [1.54, 1.807) is 0 Å². The lowest BCUT2D eigenvalue weighted by molar-refractivity contribution is 0.571. The molecule has 0 aromatic carbocycles. The predicted molar refractivity (Wildman–Crippen MR) is 55.3 cm³/mol. The monoisotopic (exact) mass is 191 g/mol. The molecule has 3 rings (SSSR count). The molecule has 3 heteroatoms. The molecule has 0 atom stereocenters. The van der Waals surface area contributed by atoms with Crippen molar-refractivity contribution < 1.29 is 0 Å². The molecule has 0 amide bonds. The molecule has 1 fully saturated rings. The molecule has 1 aliphatic heterocycles. The summed E-state index contributed by atoms with van der Waals surface area (Å²) in [6.07, 6.45) is 3.86. The summed E-state index contributed by atoms with van der Waals surface area (Å²) in [5, 5.41) is 8.20. The Balaban J connectivity index is 2.07. The number of aromatic nitrogens is 2. The third-order valence-electron chi connectivity index (χ3n) is 3.30. The highest BCUT2D eigenvalue weighted by Crippen LogP contribution is 2.42. The SMILES string of the molecule is CCn1nc(C2CC2)c2c1CCNC2. The Morgan fingerprint density at radius 2 is 2.36 bits per heavy atom. The summed E-state index contributed by atoms with van der Waals surface area (Å²) in [6.45, 7) is 5.37. The van der Waals surface area contributed by atoms with Crippen molar-refractivity contribution in [2.24, 2.45) is 0 Å². The van der Waals surface area contributed by atoms with Crippen LogP contribution in [0.15, 0.2) is 0 Å². The topological polar surface area (TPSA) is 29.9 Å². The van der Waals surface area contributed by atoms with Gasteiger partial charge < -0.3 is 5.32 Å². The molecule has 1 aromatic rings. The van der Waals surface area contributed by atoms with Crippen molar-refractivity contribution in [2.75, 3.05) is 6.54 Å². The van der Waals surface area contributed by atoms with Crippen molar-refractivity contribution in [2.45, 2.75) is 45.2 Å². The minimum Gasteiger partial charge on any atom is -0.312 e. The second-order valence-electron chi connectivity index (χ2n) is 4.33. The van der Waals surface area contributed by atoms with Gasteiger partial charge in [0.2, 0.25) is 0 Å². The van der Waals surface area contributed by atoms with Crippen molar-refractivity contribution >= 4 is 0 Å². The van der Waals surface area contributed by atoms with Crippen molar-refractivity contribution in [3.63, 3.8) is 0 Å². The van der Waals surface area contributed by atoms with Crippen LogP contribution in [0.2, 0.25) is 0 Å². The third kappa shape index (κ3) is 1.19. The maximum Gasteiger partial charge on any atom is 0.0703 e. The van der Waals surface area contributed by atoms with E-state index in [9.17, 15) is 0 Å². The van der Waals surface area contributed by atoms with E-state index in [4.69, 9.17) is 5.10 Å². The summed E-state index contributed by atoms with van der Waals surface area (Å²) in [4.78, 5) is 0. The lowest BCUT2D eigenvalue weighted by Gasteiger charge is -2.14. The Kier molecular flexibility index (Phi) is 1.87. The summed E-state index contributed by atoms with van der Waals surface area (Å²) in [5.41, 5.74) is 4.41. The zero-order chi connectivity index (χ0) is 9.54. The minimum absolute atomic E-state index is 0.788. The van der Waals surface area contributed by atoms with E-state index in [1.165, 1.54) is 29.8 Å². The van der Waals surface area contributed by atoms with Crippen LogP contribution in [0.3, 0.4) is 0 Å². The van der Waals surface area contributed by atoms with E-state index in [1.807, 2.05) is 0 Å². The summed E-state index contributed by atoms with van der Waals surface area (Å²) in [5.74, 6) is 0.788. The zero-order valence-corrected chi connectivity index (χ0v) is 8.71. The van der Waals surface area contributed by atoms with E-state index in [0.29, 0.717) is 0 Å². The average molecular weight is 191 g/mol. The number of rotatable bonds is 2. The van der Waals surface area contributed by atoms with Gasteiger partial charge in [-0.05, 0) is 19.8 Å². The molecule has 1 N–H and O–H groups in total. The van der Waals surface area contributed by atoms with Crippen molar-refractivity contribution in [1.82, 2.24) is 15.1 Å². The van der Waals surface area contributed by atoms with E-state index in [-0.39, 0.29) is 0 Å². The van der Waals surface area contributed by atoms with Gasteiger partial charge in [0, 0.05) is 43.2 Å². The summed E-state index contributed by atoms with van der Waals surface area (Å²) in [6, 6.07) is 0. The lowest BCUT2D eigenvalue weighted by Crippen LogP contribution is -2.25. The molecule has 1 aromatic heterocycles. The van der Waals surface area contributed by atoms with E-state index < -0.39 is 0 Å². The summed E-state index contributed by atoms with van der Waals surface area (Å²) in [7, 11) is 0. The van der Waals surface area contributed by atoms with Crippen LogP contribution in [0, 0.1) is 0 Å². The van der Waals surface area contributed by atoms with Gasteiger partial charge in [-0.1, -0.05) is 0 Å². The van der Waals surface area contributed by atoms with Crippen LogP contribution in [0.4, 0.5) is 0 Å². The first-order chi connectivity index (χ1) is 6.90. The molecule has 2 aliphatic rings. The van der Waals surface area contributed by atoms with Crippen molar-refractivity contribution in [3.05, 3.63) is 17.0 Å². The van der Waals surface area contributed by atoms with Crippen LogP contribution < -0.4 is 5.32 Å². The van der Waals surface area contributed by atoms with Crippen LogP contribution >= 0.6 is 0 Å². The second kappa shape index (κ2) is 3.09.